The van der Waals surface area contributed by atoms with E-state index in [1.165, 1.54) is 0 Å². The standard InChI is InChI=1S/C28H33O7P/c1-21-26(32-17-22-11-5-2-6-12-22)28(34-19-24-15-9-4-10-16-24)27(25(35-21)20-36(29,30)31)33-18-23-13-7-3-8-14-23/h2-16,21,25-28H,17-20H2,1H3,(H2,29,30,31)/t21-,25+,26+,27-,28-/m0/s1. The van der Waals surface area contributed by atoms with Crippen LogP contribution in [0.1, 0.15) is 23.6 Å². The third-order valence-corrected chi connectivity index (χ3v) is 6.98. The lowest BCUT2D eigenvalue weighted by molar-refractivity contribution is -0.257. The van der Waals surface area contributed by atoms with Crippen LogP contribution in [-0.2, 0) is 43.3 Å². The highest BCUT2D eigenvalue weighted by Gasteiger charge is 2.48. The molecule has 3 aromatic carbocycles. The summed E-state index contributed by atoms with van der Waals surface area (Å²) >= 11 is 0. The van der Waals surface area contributed by atoms with Crippen molar-refractivity contribution in [2.45, 2.75) is 57.3 Å². The first-order chi connectivity index (χ1) is 17.4. The van der Waals surface area contributed by atoms with Gasteiger partial charge in [0.15, 0.2) is 0 Å². The molecule has 1 fully saturated rings. The Balaban J connectivity index is 1.59. The Kier molecular flexibility index (Phi) is 9.46. The van der Waals surface area contributed by atoms with Gasteiger partial charge in [-0.2, -0.15) is 0 Å². The first-order valence-electron chi connectivity index (χ1n) is 12.1. The van der Waals surface area contributed by atoms with Gasteiger partial charge in [0.25, 0.3) is 0 Å². The summed E-state index contributed by atoms with van der Waals surface area (Å²) in [4.78, 5) is 19.5. The minimum absolute atomic E-state index is 0.248. The van der Waals surface area contributed by atoms with Gasteiger partial charge in [0, 0.05) is 0 Å². The largest absolute Gasteiger partial charge is 0.369 e. The normalized spacial score (nSPS) is 24.5. The van der Waals surface area contributed by atoms with Crippen molar-refractivity contribution in [3.63, 3.8) is 0 Å². The van der Waals surface area contributed by atoms with Gasteiger partial charge in [-0.1, -0.05) is 91.0 Å². The van der Waals surface area contributed by atoms with E-state index in [2.05, 4.69) is 0 Å². The van der Waals surface area contributed by atoms with Crippen LogP contribution in [-0.4, -0.2) is 46.5 Å². The smallest absolute Gasteiger partial charge is 0.328 e. The summed E-state index contributed by atoms with van der Waals surface area (Å²) in [6, 6.07) is 29.2. The van der Waals surface area contributed by atoms with Crippen LogP contribution in [0, 0.1) is 0 Å². The highest BCUT2D eigenvalue weighted by atomic mass is 31.2. The molecule has 8 heteroatoms. The molecule has 0 spiro atoms. The minimum atomic E-state index is -4.38. The molecule has 1 saturated heterocycles. The number of hydrogen-bond donors (Lipinski definition) is 2. The zero-order valence-electron chi connectivity index (χ0n) is 20.3. The fraction of sp³-hybridized carbons (Fsp3) is 0.357. The predicted molar refractivity (Wildman–Crippen MR) is 136 cm³/mol. The van der Waals surface area contributed by atoms with E-state index in [-0.39, 0.29) is 6.61 Å². The molecule has 0 bridgehead atoms. The minimum Gasteiger partial charge on any atom is -0.369 e. The van der Waals surface area contributed by atoms with Crippen LogP contribution < -0.4 is 0 Å². The van der Waals surface area contributed by atoms with Crippen LogP contribution in [0.3, 0.4) is 0 Å². The summed E-state index contributed by atoms with van der Waals surface area (Å²) in [7, 11) is -4.38. The lowest BCUT2D eigenvalue weighted by Gasteiger charge is -2.45. The molecule has 0 amide bonds. The quantitative estimate of drug-likeness (QED) is 0.360. The Hall–Kier alpha value is -2.35. The topological polar surface area (TPSA) is 94.5 Å². The molecule has 7 nitrogen and oxygen atoms in total. The molecule has 192 valence electrons. The molecular weight excluding hydrogens is 479 g/mol. The van der Waals surface area contributed by atoms with Crippen LogP contribution in [0.15, 0.2) is 91.0 Å². The molecule has 4 rings (SSSR count). The second kappa shape index (κ2) is 12.7. The summed E-state index contributed by atoms with van der Waals surface area (Å²) in [5.41, 5.74) is 2.92. The van der Waals surface area contributed by atoms with Gasteiger partial charge in [-0.25, -0.2) is 0 Å². The highest BCUT2D eigenvalue weighted by molar-refractivity contribution is 7.51. The number of benzene rings is 3. The molecule has 36 heavy (non-hydrogen) atoms. The maximum atomic E-state index is 12.0. The van der Waals surface area contributed by atoms with Gasteiger partial charge in [-0.3, -0.25) is 4.57 Å². The van der Waals surface area contributed by atoms with E-state index >= 15 is 0 Å². The molecule has 1 aliphatic heterocycles. The van der Waals surface area contributed by atoms with Crippen molar-refractivity contribution in [2.24, 2.45) is 0 Å². The van der Waals surface area contributed by atoms with E-state index in [4.69, 9.17) is 18.9 Å². The van der Waals surface area contributed by atoms with E-state index in [1.54, 1.807) is 0 Å². The second-order valence-corrected chi connectivity index (χ2v) is 10.7. The van der Waals surface area contributed by atoms with Crippen LogP contribution in [0.2, 0.25) is 0 Å². The second-order valence-electron chi connectivity index (χ2n) is 9.01. The Morgan fingerprint density at radius 2 is 1.06 bits per heavy atom. The first-order valence-corrected chi connectivity index (χ1v) is 13.9. The molecule has 0 unspecified atom stereocenters. The monoisotopic (exact) mass is 512 g/mol. The van der Waals surface area contributed by atoms with E-state index < -0.39 is 44.3 Å². The van der Waals surface area contributed by atoms with Crippen molar-refractivity contribution < 1.29 is 33.3 Å². The number of rotatable bonds is 11. The first kappa shape index (κ1) is 26.7. The number of hydrogen-bond acceptors (Lipinski definition) is 5. The van der Waals surface area contributed by atoms with Crippen molar-refractivity contribution in [1.82, 2.24) is 0 Å². The van der Waals surface area contributed by atoms with Gasteiger partial charge in [0.2, 0.25) is 0 Å². The van der Waals surface area contributed by atoms with Crippen molar-refractivity contribution in [2.75, 3.05) is 6.16 Å². The summed E-state index contributed by atoms with van der Waals surface area (Å²) in [5, 5.41) is 0. The van der Waals surface area contributed by atoms with Gasteiger partial charge in [-0.15, -0.1) is 0 Å². The van der Waals surface area contributed by atoms with Crippen LogP contribution in [0.4, 0.5) is 0 Å². The van der Waals surface area contributed by atoms with Gasteiger partial charge >= 0.3 is 7.60 Å². The molecule has 0 aromatic heterocycles. The van der Waals surface area contributed by atoms with E-state index in [1.807, 2.05) is 97.9 Å². The van der Waals surface area contributed by atoms with Crippen molar-refractivity contribution in [1.29, 1.82) is 0 Å². The number of ether oxygens (including phenoxy) is 4. The van der Waals surface area contributed by atoms with Crippen LogP contribution >= 0.6 is 7.60 Å². The van der Waals surface area contributed by atoms with Crippen molar-refractivity contribution >= 4 is 7.60 Å². The zero-order valence-corrected chi connectivity index (χ0v) is 21.2. The average molecular weight is 513 g/mol. The van der Waals surface area contributed by atoms with Gasteiger partial charge < -0.3 is 28.7 Å². The Morgan fingerprint density at radius 3 is 1.47 bits per heavy atom. The lowest BCUT2D eigenvalue weighted by atomic mass is 9.95. The Labute approximate surface area is 212 Å². The van der Waals surface area contributed by atoms with E-state index in [0.717, 1.165) is 16.7 Å². The Bertz CT molecular complexity index is 1090. The third kappa shape index (κ3) is 7.82. The van der Waals surface area contributed by atoms with E-state index in [9.17, 15) is 14.4 Å². The molecule has 3 aromatic rings. The Morgan fingerprint density at radius 1 is 0.667 bits per heavy atom. The molecular formula is C28H33O7P. The third-order valence-electron chi connectivity index (χ3n) is 6.14. The summed E-state index contributed by atoms with van der Waals surface area (Å²) < 4.78 is 37.1. The summed E-state index contributed by atoms with van der Waals surface area (Å²) in [6.45, 7) is 2.74. The summed E-state index contributed by atoms with van der Waals surface area (Å²) in [5.74, 6) is 0. The van der Waals surface area contributed by atoms with Gasteiger partial charge in [0.05, 0.1) is 38.2 Å². The molecule has 0 saturated carbocycles. The fourth-order valence-electron chi connectivity index (χ4n) is 4.40. The van der Waals surface area contributed by atoms with E-state index in [0.29, 0.717) is 13.2 Å². The van der Waals surface area contributed by atoms with Gasteiger partial charge in [0.1, 0.15) is 18.3 Å². The molecule has 0 radical (unpaired) electrons. The molecule has 1 heterocycles. The molecule has 1 aliphatic rings. The average Bonchev–Trinajstić information content (AvgIpc) is 2.87. The van der Waals surface area contributed by atoms with Crippen LogP contribution in [0.25, 0.3) is 0 Å². The summed E-state index contributed by atoms with van der Waals surface area (Å²) in [6.07, 6.45) is -3.67. The van der Waals surface area contributed by atoms with Gasteiger partial charge in [-0.05, 0) is 23.6 Å². The highest BCUT2D eigenvalue weighted by Crippen LogP contribution is 2.40. The van der Waals surface area contributed by atoms with Crippen molar-refractivity contribution in [3.05, 3.63) is 108 Å². The molecule has 2 N–H and O–H groups in total. The maximum Gasteiger partial charge on any atom is 0.328 e. The fourth-order valence-corrected chi connectivity index (χ4v) is 5.16. The van der Waals surface area contributed by atoms with Crippen molar-refractivity contribution in [3.8, 4) is 0 Å². The zero-order chi connectivity index (χ0) is 25.4. The maximum absolute atomic E-state index is 12.0. The molecule has 0 aliphatic carbocycles. The predicted octanol–water partition coefficient (Wildman–Crippen LogP) is 4.71. The lowest BCUT2D eigenvalue weighted by Crippen LogP contribution is -2.60. The molecule has 5 atom stereocenters. The SMILES string of the molecule is C[C@@H]1O[C@H](CP(=O)(O)O)[C@H](OCc2ccccc2)[C@@H](OCc2ccccc2)[C@@H]1OCc1ccccc1. The van der Waals surface area contributed by atoms with Crippen LogP contribution in [0.5, 0.6) is 0 Å².